The second-order valence-electron chi connectivity index (χ2n) is 5.87. The molecule has 130 valence electrons. The van der Waals surface area contributed by atoms with Crippen LogP contribution < -0.4 is 10.1 Å². The molecule has 1 N–H and O–H groups in total. The minimum Gasteiger partial charge on any atom is -0.493 e. The van der Waals surface area contributed by atoms with Crippen LogP contribution in [-0.2, 0) is 4.79 Å². The molecule has 0 aromatic heterocycles. The van der Waals surface area contributed by atoms with Crippen molar-refractivity contribution in [1.82, 2.24) is 10.2 Å². The molecule has 23 heavy (non-hydrogen) atoms. The first kappa shape index (κ1) is 20.1. The van der Waals surface area contributed by atoms with Gasteiger partial charge in [0, 0.05) is 25.0 Å². The monoisotopic (exact) mass is 360 g/mol. The molecule has 1 unspecified atom stereocenters. The van der Waals surface area contributed by atoms with Crippen LogP contribution in [0.4, 0.5) is 0 Å². The highest BCUT2D eigenvalue weighted by Gasteiger charge is 2.17. The van der Waals surface area contributed by atoms with Crippen molar-refractivity contribution in [2.75, 3.05) is 33.3 Å². The SMILES string of the molecule is CN(CCCOc1cccc(Cl)c1)C(=O)CCC1CCNC1.Cl. The number of carbonyl (C=O) groups excluding carboxylic acids is 1. The summed E-state index contributed by atoms with van der Waals surface area (Å²) >= 11 is 5.90. The number of hydrogen-bond acceptors (Lipinski definition) is 3. The maximum atomic E-state index is 12.1. The van der Waals surface area contributed by atoms with E-state index < -0.39 is 0 Å². The van der Waals surface area contributed by atoms with Gasteiger partial charge in [0.25, 0.3) is 0 Å². The topological polar surface area (TPSA) is 41.6 Å². The van der Waals surface area contributed by atoms with Crippen LogP contribution >= 0.6 is 24.0 Å². The Hall–Kier alpha value is -0.970. The third-order valence-electron chi connectivity index (χ3n) is 4.06. The Morgan fingerprint density at radius 3 is 3.00 bits per heavy atom. The Bertz CT molecular complexity index is 479. The minimum absolute atomic E-state index is 0. The third-order valence-corrected chi connectivity index (χ3v) is 4.29. The van der Waals surface area contributed by atoms with E-state index >= 15 is 0 Å². The van der Waals surface area contributed by atoms with E-state index in [-0.39, 0.29) is 18.3 Å². The molecule has 1 fully saturated rings. The number of ether oxygens (including phenoxy) is 1. The van der Waals surface area contributed by atoms with E-state index in [4.69, 9.17) is 16.3 Å². The van der Waals surface area contributed by atoms with Crippen molar-refractivity contribution < 1.29 is 9.53 Å². The number of nitrogens with zero attached hydrogens (tertiary/aromatic N) is 1. The van der Waals surface area contributed by atoms with Gasteiger partial charge < -0.3 is 15.0 Å². The average Bonchev–Trinajstić information content (AvgIpc) is 3.02. The van der Waals surface area contributed by atoms with Crippen molar-refractivity contribution >= 4 is 29.9 Å². The summed E-state index contributed by atoms with van der Waals surface area (Å²) in [6.45, 7) is 3.47. The lowest BCUT2D eigenvalue weighted by molar-refractivity contribution is -0.130. The van der Waals surface area contributed by atoms with Crippen molar-refractivity contribution in [2.24, 2.45) is 5.92 Å². The van der Waals surface area contributed by atoms with Gasteiger partial charge in [0.1, 0.15) is 5.75 Å². The molecule has 0 spiro atoms. The molecule has 6 heteroatoms. The average molecular weight is 361 g/mol. The van der Waals surface area contributed by atoms with Crippen LogP contribution in [0.2, 0.25) is 5.02 Å². The van der Waals surface area contributed by atoms with Gasteiger partial charge in [0.2, 0.25) is 5.91 Å². The molecular formula is C17H26Cl2N2O2. The van der Waals surface area contributed by atoms with Crippen molar-refractivity contribution in [3.05, 3.63) is 29.3 Å². The van der Waals surface area contributed by atoms with E-state index in [1.165, 1.54) is 6.42 Å². The molecule has 1 aliphatic heterocycles. The lowest BCUT2D eigenvalue weighted by Gasteiger charge is -2.18. The van der Waals surface area contributed by atoms with Crippen LogP contribution in [0.5, 0.6) is 5.75 Å². The first-order chi connectivity index (χ1) is 10.6. The number of nitrogens with one attached hydrogen (secondary N) is 1. The maximum absolute atomic E-state index is 12.1. The summed E-state index contributed by atoms with van der Waals surface area (Å²) in [7, 11) is 1.87. The summed E-state index contributed by atoms with van der Waals surface area (Å²) < 4.78 is 5.63. The van der Waals surface area contributed by atoms with E-state index in [1.807, 2.05) is 30.1 Å². The molecule has 1 aliphatic rings. The highest BCUT2D eigenvalue weighted by molar-refractivity contribution is 6.30. The smallest absolute Gasteiger partial charge is 0.222 e. The van der Waals surface area contributed by atoms with Gasteiger partial charge in [0.15, 0.2) is 0 Å². The van der Waals surface area contributed by atoms with Crippen LogP contribution in [-0.4, -0.2) is 44.1 Å². The molecule has 1 aromatic carbocycles. The lowest BCUT2D eigenvalue weighted by atomic mass is 10.0. The molecule has 0 saturated carbocycles. The second-order valence-corrected chi connectivity index (χ2v) is 6.31. The first-order valence-corrected chi connectivity index (χ1v) is 8.36. The Morgan fingerprint density at radius 2 is 2.30 bits per heavy atom. The zero-order valence-electron chi connectivity index (χ0n) is 13.6. The van der Waals surface area contributed by atoms with Crippen LogP contribution in [0.15, 0.2) is 24.3 Å². The number of carbonyl (C=O) groups is 1. The van der Waals surface area contributed by atoms with Crippen LogP contribution in [0.25, 0.3) is 0 Å². The van der Waals surface area contributed by atoms with Crippen LogP contribution in [0.3, 0.4) is 0 Å². The Morgan fingerprint density at radius 1 is 1.48 bits per heavy atom. The van der Waals surface area contributed by atoms with E-state index in [0.717, 1.165) is 38.2 Å². The molecule has 1 heterocycles. The van der Waals surface area contributed by atoms with E-state index in [9.17, 15) is 4.79 Å². The summed E-state index contributed by atoms with van der Waals surface area (Å²) in [6.07, 6.45) is 3.66. The molecule has 0 bridgehead atoms. The predicted octanol–water partition coefficient (Wildman–Crippen LogP) is 3.38. The highest BCUT2D eigenvalue weighted by Crippen LogP contribution is 2.17. The summed E-state index contributed by atoms with van der Waals surface area (Å²) in [6, 6.07) is 7.37. The van der Waals surface area contributed by atoms with Crippen molar-refractivity contribution in [2.45, 2.75) is 25.7 Å². The number of benzene rings is 1. The highest BCUT2D eigenvalue weighted by atomic mass is 35.5. The summed E-state index contributed by atoms with van der Waals surface area (Å²) in [5, 5.41) is 4.01. The fraction of sp³-hybridized carbons (Fsp3) is 0.588. The Labute approximate surface area is 149 Å². The van der Waals surface area contributed by atoms with Gasteiger partial charge in [-0.15, -0.1) is 12.4 Å². The van der Waals surface area contributed by atoms with E-state index in [1.54, 1.807) is 6.07 Å². The molecular weight excluding hydrogens is 335 g/mol. The molecule has 1 saturated heterocycles. The fourth-order valence-electron chi connectivity index (χ4n) is 2.65. The van der Waals surface area contributed by atoms with Gasteiger partial charge in [-0.05, 0) is 56.5 Å². The number of halogens is 2. The zero-order valence-corrected chi connectivity index (χ0v) is 15.2. The predicted molar refractivity (Wildman–Crippen MR) is 96.7 cm³/mol. The normalized spacial score (nSPS) is 16.7. The standard InChI is InChI=1S/C17H25ClN2O2.ClH/c1-20(17(21)7-6-14-8-9-19-13-14)10-3-11-22-16-5-2-4-15(18)12-16;/h2,4-5,12,14,19H,3,6-11,13H2,1H3;1H. The van der Waals surface area contributed by atoms with Crippen molar-refractivity contribution in [3.63, 3.8) is 0 Å². The van der Waals surface area contributed by atoms with Crippen LogP contribution in [0.1, 0.15) is 25.7 Å². The fourth-order valence-corrected chi connectivity index (χ4v) is 2.83. The number of amides is 1. The van der Waals surface area contributed by atoms with E-state index in [0.29, 0.717) is 24.0 Å². The maximum Gasteiger partial charge on any atom is 0.222 e. The van der Waals surface area contributed by atoms with Gasteiger partial charge in [0.05, 0.1) is 6.61 Å². The summed E-state index contributed by atoms with van der Waals surface area (Å²) in [4.78, 5) is 13.9. The van der Waals surface area contributed by atoms with Gasteiger partial charge in [-0.1, -0.05) is 17.7 Å². The molecule has 1 amide bonds. The summed E-state index contributed by atoms with van der Waals surface area (Å²) in [5.74, 6) is 1.67. The molecule has 1 atom stereocenters. The first-order valence-electron chi connectivity index (χ1n) is 7.98. The van der Waals surface area contributed by atoms with Gasteiger partial charge >= 0.3 is 0 Å². The Balaban J connectivity index is 0.00000264. The van der Waals surface area contributed by atoms with Gasteiger partial charge in [-0.2, -0.15) is 0 Å². The van der Waals surface area contributed by atoms with Gasteiger partial charge in [-0.3, -0.25) is 4.79 Å². The molecule has 1 aromatic rings. The van der Waals surface area contributed by atoms with Crippen molar-refractivity contribution in [3.8, 4) is 5.75 Å². The molecule has 0 radical (unpaired) electrons. The van der Waals surface area contributed by atoms with E-state index in [2.05, 4.69) is 5.32 Å². The second kappa shape index (κ2) is 10.7. The molecule has 2 rings (SSSR count). The van der Waals surface area contributed by atoms with Crippen LogP contribution in [0, 0.1) is 5.92 Å². The quantitative estimate of drug-likeness (QED) is 0.722. The number of rotatable bonds is 8. The molecule has 4 nitrogen and oxygen atoms in total. The van der Waals surface area contributed by atoms with Gasteiger partial charge in [-0.25, -0.2) is 0 Å². The zero-order chi connectivity index (χ0) is 15.8. The minimum atomic E-state index is 0. The van der Waals surface area contributed by atoms with Crippen molar-refractivity contribution in [1.29, 1.82) is 0 Å². The number of hydrogen-bond donors (Lipinski definition) is 1. The lowest BCUT2D eigenvalue weighted by Crippen LogP contribution is -2.29. The Kier molecular flexibility index (Phi) is 9.37. The largest absolute Gasteiger partial charge is 0.493 e. The third kappa shape index (κ3) is 7.42. The summed E-state index contributed by atoms with van der Waals surface area (Å²) in [5.41, 5.74) is 0. The molecule has 0 aliphatic carbocycles.